The molecule has 4 heteroatoms. The number of nitrogen functional groups attached to an aromatic ring is 1. The van der Waals surface area contributed by atoms with E-state index in [0.29, 0.717) is 23.4 Å². The molecule has 2 heterocycles. The number of carbonyl (C=O) groups excluding carboxylic acids is 1. The number of hydrogen-bond acceptors (Lipinski definition) is 3. The standard InChI is InChI=1S/C15H16N2O2/c16-11-2-4-13-10(6-11)7-14(19-13)15(18)17-8-9-1-3-12(17)5-9/h2,4,6-7,9,12H,1,3,5,8,16H2. The second kappa shape index (κ2) is 3.76. The molecule has 0 radical (unpaired) electrons. The van der Waals surface area contributed by atoms with E-state index in [-0.39, 0.29) is 5.91 Å². The van der Waals surface area contributed by atoms with Crippen molar-refractivity contribution in [2.24, 2.45) is 5.92 Å². The summed E-state index contributed by atoms with van der Waals surface area (Å²) in [6.45, 7) is 0.892. The van der Waals surface area contributed by atoms with Crippen molar-refractivity contribution in [3.63, 3.8) is 0 Å². The molecule has 2 N–H and O–H groups in total. The Labute approximate surface area is 111 Å². The van der Waals surface area contributed by atoms with Gasteiger partial charge in [0.05, 0.1) is 0 Å². The fourth-order valence-corrected chi connectivity index (χ4v) is 3.48. The van der Waals surface area contributed by atoms with E-state index in [0.717, 1.165) is 23.9 Å². The number of likely N-dealkylation sites (tertiary alicyclic amines) is 1. The molecule has 2 aliphatic rings. The van der Waals surface area contributed by atoms with Crippen molar-refractivity contribution >= 4 is 22.6 Å². The molecule has 0 spiro atoms. The molecule has 2 aromatic rings. The zero-order valence-corrected chi connectivity index (χ0v) is 10.6. The summed E-state index contributed by atoms with van der Waals surface area (Å²) in [7, 11) is 0. The molecular weight excluding hydrogens is 240 g/mol. The first-order valence-electron chi connectivity index (χ1n) is 6.81. The maximum atomic E-state index is 12.5. The maximum Gasteiger partial charge on any atom is 0.289 e. The number of nitrogens with zero attached hydrogens (tertiary/aromatic N) is 1. The van der Waals surface area contributed by atoms with Crippen LogP contribution in [0.1, 0.15) is 29.8 Å². The van der Waals surface area contributed by atoms with Gasteiger partial charge in [-0.1, -0.05) is 0 Å². The van der Waals surface area contributed by atoms with E-state index in [1.54, 1.807) is 12.1 Å². The SMILES string of the molecule is Nc1ccc2oc(C(=O)N3CC4CCC3C4)cc2c1. The number of piperidine rings is 1. The lowest BCUT2D eigenvalue weighted by Crippen LogP contribution is -2.37. The molecule has 19 heavy (non-hydrogen) atoms. The lowest BCUT2D eigenvalue weighted by atomic mass is 10.1. The highest BCUT2D eigenvalue weighted by Crippen LogP contribution is 2.38. The summed E-state index contributed by atoms with van der Waals surface area (Å²) in [5, 5.41) is 0.896. The van der Waals surface area contributed by atoms with E-state index < -0.39 is 0 Å². The van der Waals surface area contributed by atoms with Gasteiger partial charge in [-0.15, -0.1) is 0 Å². The minimum Gasteiger partial charge on any atom is -0.451 e. The van der Waals surface area contributed by atoms with Gasteiger partial charge >= 0.3 is 0 Å². The van der Waals surface area contributed by atoms with Gasteiger partial charge in [0.15, 0.2) is 5.76 Å². The number of rotatable bonds is 1. The lowest BCUT2D eigenvalue weighted by molar-refractivity contribution is 0.0673. The molecule has 2 bridgehead atoms. The predicted octanol–water partition coefficient (Wildman–Crippen LogP) is 2.64. The molecule has 1 aromatic carbocycles. The second-order valence-corrected chi connectivity index (χ2v) is 5.70. The lowest BCUT2D eigenvalue weighted by Gasteiger charge is -2.25. The summed E-state index contributed by atoms with van der Waals surface area (Å²) in [6.07, 6.45) is 3.58. The molecule has 1 saturated carbocycles. The van der Waals surface area contributed by atoms with Gasteiger partial charge in [-0.05, 0) is 49.4 Å². The highest BCUT2D eigenvalue weighted by molar-refractivity contribution is 5.97. The van der Waals surface area contributed by atoms with Crippen LogP contribution < -0.4 is 5.73 Å². The van der Waals surface area contributed by atoms with Crippen molar-refractivity contribution in [3.8, 4) is 0 Å². The van der Waals surface area contributed by atoms with Crippen molar-refractivity contribution in [3.05, 3.63) is 30.0 Å². The molecular formula is C15H16N2O2. The topological polar surface area (TPSA) is 59.5 Å². The monoisotopic (exact) mass is 256 g/mol. The highest BCUT2D eigenvalue weighted by Gasteiger charge is 2.41. The van der Waals surface area contributed by atoms with Crippen LogP contribution in [0, 0.1) is 5.92 Å². The molecule has 2 unspecified atom stereocenters. The van der Waals surface area contributed by atoms with Crippen molar-refractivity contribution in [2.45, 2.75) is 25.3 Å². The third kappa shape index (κ3) is 1.63. The van der Waals surface area contributed by atoms with E-state index in [4.69, 9.17) is 10.2 Å². The minimum atomic E-state index is 0.0296. The van der Waals surface area contributed by atoms with Gasteiger partial charge in [-0.25, -0.2) is 0 Å². The van der Waals surface area contributed by atoms with E-state index in [2.05, 4.69) is 0 Å². The number of furan rings is 1. The zero-order chi connectivity index (χ0) is 13.0. The summed E-state index contributed by atoms with van der Waals surface area (Å²) < 4.78 is 5.66. The summed E-state index contributed by atoms with van der Waals surface area (Å²) >= 11 is 0. The van der Waals surface area contributed by atoms with Crippen LogP contribution in [-0.4, -0.2) is 23.4 Å². The van der Waals surface area contributed by atoms with Gasteiger partial charge in [0.25, 0.3) is 5.91 Å². The summed E-state index contributed by atoms with van der Waals surface area (Å²) in [6, 6.07) is 7.68. The normalized spacial score (nSPS) is 25.4. The fourth-order valence-electron chi connectivity index (χ4n) is 3.48. The van der Waals surface area contributed by atoms with Crippen molar-refractivity contribution in [2.75, 3.05) is 12.3 Å². The number of amides is 1. The average Bonchev–Trinajstić information content (AvgIpc) is 3.11. The first-order chi connectivity index (χ1) is 9.20. The Balaban J connectivity index is 1.68. The van der Waals surface area contributed by atoms with Crippen molar-refractivity contribution < 1.29 is 9.21 Å². The number of nitrogens with two attached hydrogens (primary N) is 1. The van der Waals surface area contributed by atoms with Crippen LogP contribution in [0.15, 0.2) is 28.7 Å². The first kappa shape index (κ1) is 10.9. The molecule has 1 amide bonds. The molecule has 4 rings (SSSR count). The second-order valence-electron chi connectivity index (χ2n) is 5.70. The summed E-state index contributed by atoms with van der Waals surface area (Å²) in [4.78, 5) is 14.5. The zero-order valence-electron chi connectivity index (χ0n) is 10.6. The predicted molar refractivity (Wildman–Crippen MR) is 72.8 cm³/mol. The Kier molecular flexibility index (Phi) is 2.16. The van der Waals surface area contributed by atoms with Gasteiger partial charge in [0, 0.05) is 23.7 Å². The smallest absolute Gasteiger partial charge is 0.289 e. The van der Waals surface area contributed by atoms with Gasteiger partial charge in [0.1, 0.15) is 5.58 Å². The Morgan fingerprint density at radius 2 is 2.21 bits per heavy atom. The van der Waals surface area contributed by atoms with E-state index >= 15 is 0 Å². The van der Waals surface area contributed by atoms with Gasteiger partial charge < -0.3 is 15.1 Å². The highest BCUT2D eigenvalue weighted by atomic mass is 16.3. The number of benzene rings is 1. The van der Waals surface area contributed by atoms with Crippen molar-refractivity contribution in [1.82, 2.24) is 4.90 Å². The number of hydrogen-bond donors (Lipinski definition) is 1. The van der Waals surface area contributed by atoms with Crippen molar-refractivity contribution in [1.29, 1.82) is 0 Å². The van der Waals surface area contributed by atoms with E-state index in [1.165, 1.54) is 12.8 Å². The Hall–Kier alpha value is -1.97. The maximum absolute atomic E-state index is 12.5. The third-order valence-electron chi connectivity index (χ3n) is 4.42. The molecule has 2 atom stereocenters. The molecule has 4 nitrogen and oxygen atoms in total. The van der Waals surface area contributed by atoms with Gasteiger partial charge in [-0.3, -0.25) is 4.79 Å². The molecule has 2 fully saturated rings. The molecule has 1 aliphatic carbocycles. The van der Waals surface area contributed by atoms with Crippen LogP contribution in [0.2, 0.25) is 0 Å². The van der Waals surface area contributed by atoms with Crippen LogP contribution in [0.4, 0.5) is 5.69 Å². The fraction of sp³-hybridized carbons (Fsp3) is 0.400. The minimum absolute atomic E-state index is 0.0296. The van der Waals surface area contributed by atoms with Gasteiger partial charge in [-0.2, -0.15) is 0 Å². The molecule has 1 saturated heterocycles. The van der Waals surface area contributed by atoms with Crippen LogP contribution >= 0.6 is 0 Å². The molecule has 1 aliphatic heterocycles. The number of carbonyl (C=O) groups is 1. The van der Waals surface area contributed by atoms with E-state index in [9.17, 15) is 4.79 Å². The van der Waals surface area contributed by atoms with Crippen LogP contribution in [-0.2, 0) is 0 Å². The molecule has 98 valence electrons. The van der Waals surface area contributed by atoms with Gasteiger partial charge in [0.2, 0.25) is 0 Å². The number of fused-ring (bicyclic) bond motifs is 3. The summed E-state index contributed by atoms with van der Waals surface area (Å²) in [5.41, 5.74) is 7.16. The quantitative estimate of drug-likeness (QED) is 0.798. The Morgan fingerprint density at radius 1 is 1.32 bits per heavy atom. The summed E-state index contributed by atoms with van der Waals surface area (Å²) in [5.74, 6) is 1.17. The first-order valence-corrected chi connectivity index (χ1v) is 6.81. The Morgan fingerprint density at radius 3 is 2.95 bits per heavy atom. The molecule has 1 aromatic heterocycles. The number of anilines is 1. The van der Waals surface area contributed by atoms with Crippen LogP contribution in [0.5, 0.6) is 0 Å². The average molecular weight is 256 g/mol. The third-order valence-corrected chi connectivity index (χ3v) is 4.42. The van der Waals surface area contributed by atoms with Crippen LogP contribution in [0.3, 0.4) is 0 Å². The van der Waals surface area contributed by atoms with Crippen LogP contribution in [0.25, 0.3) is 11.0 Å². The van der Waals surface area contributed by atoms with E-state index in [1.807, 2.05) is 17.0 Å². The Bertz CT molecular complexity index is 661. The largest absolute Gasteiger partial charge is 0.451 e.